The number of carbonyl (C=O) groups is 1. The number of benzene rings is 3. The highest BCUT2D eigenvalue weighted by Crippen LogP contribution is 2.37. The maximum atomic E-state index is 13.2. The van der Waals surface area contributed by atoms with E-state index in [1.807, 2.05) is 54.6 Å². The first-order valence-electron chi connectivity index (χ1n) is 10.5. The van der Waals surface area contributed by atoms with Gasteiger partial charge in [0.15, 0.2) is 0 Å². The summed E-state index contributed by atoms with van der Waals surface area (Å²) in [5.41, 5.74) is 9.65. The fraction of sp³-hybridized carbons (Fsp3) is 0.115. The predicted octanol–water partition coefficient (Wildman–Crippen LogP) is 4.58. The molecule has 0 fully saturated rings. The molecule has 1 aliphatic rings. The topological polar surface area (TPSA) is 98.7 Å². The van der Waals surface area contributed by atoms with E-state index in [1.54, 1.807) is 29.2 Å². The van der Waals surface area contributed by atoms with Crippen LogP contribution in [0.2, 0.25) is 0 Å². The van der Waals surface area contributed by atoms with E-state index in [0.717, 1.165) is 28.1 Å². The summed E-state index contributed by atoms with van der Waals surface area (Å²) in [5.74, 6) is 0.669. The smallest absolute Gasteiger partial charge is 0.269 e. The molecule has 0 unspecified atom stereocenters. The summed E-state index contributed by atoms with van der Waals surface area (Å²) >= 11 is 0. The van der Waals surface area contributed by atoms with Crippen molar-refractivity contribution in [2.24, 2.45) is 5.73 Å². The van der Waals surface area contributed by atoms with Gasteiger partial charge in [0.25, 0.3) is 11.6 Å². The molecule has 0 bridgehead atoms. The summed E-state index contributed by atoms with van der Waals surface area (Å²) in [5, 5.41) is 10.8. The number of nitrogens with zero attached hydrogens (tertiary/aromatic N) is 2. The molecule has 0 spiro atoms. The Morgan fingerprint density at radius 1 is 1.00 bits per heavy atom. The first-order valence-corrected chi connectivity index (χ1v) is 10.5. The summed E-state index contributed by atoms with van der Waals surface area (Å²) in [6.45, 7) is 1.35. The minimum absolute atomic E-state index is 0.0417. The fourth-order valence-corrected chi connectivity index (χ4v) is 3.64. The van der Waals surface area contributed by atoms with Gasteiger partial charge in [-0.1, -0.05) is 42.5 Å². The third kappa shape index (κ3) is 4.99. The SMILES string of the molecule is NCCOc1ccc(CN2C(=O)C(=C/C=C/c3ccc([N+](=O)[O-])cc3)c3ccccc32)cc1. The summed E-state index contributed by atoms with van der Waals surface area (Å²) in [7, 11) is 0. The number of non-ortho nitro benzene ring substituents is 1. The number of amides is 1. The van der Waals surface area contributed by atoms with Gasteiger partial charge in [0.05, 0.1) is 17.2 Å². The van der Waals surface area contributed by atoms with Crippen molar-refractivity contribution in [3.05, 3.63) is 112 Å². The lowest BCUT2D eigenvalue weighted by atomic mass is 10.1. The Labute approximate surface area is 191 Å². The van der Waals surface area contributed by atoms with Crippen LogP contribution in [0.25, 0.3) is 11.6 Å². The van der Waals surface area contributed by atoms with Crippen LogP contribution in [0.15, 0.2) is 84.9 Å². The molecular formula is C26H23N3O4. The molecule has 0 aromatic heterocycles. The maximum Gasteiger partial charge on any atom is 0.269 e. The Morgan fingerprint density at radius 2 is 1.73 bits per heavy atom. The lowest BCUT2D eigenvalue weighted by molar-refractivity contribution is -0.384. The zero-order valence-electron chi connectivity index (χ0n) is 17.9. The van der Waals surface area contributed by atoms with Gasteiger partial charge >= 0.3 is 0 Å². The maximum absolute atomic E-state index is 13.2. The second kappa shape index (κ2) is 9.93. The molecule has 3 aromatic carbocycles. The van der Waals surface area contributed by atoms with Gasteiger partial charge in [-0.25, -0.2) is 0 Å². The zero-order valence-corrected chi connectivity index (χ0v) is 17.9. The summed E-state index contributed by atoms with van der Waals surface area (Å²) in [6, 6.07) is 21.6. The number of hydrogen-bond acceptors (Lipinski definition) is 5. The number of nitro groups is 1. The Bertz CT molecular complexity index is 1220. The van der Waals surface area contributed by atoms with Gasteiger partial charge in [-0.05, 0) is 47.5 Å². The molecule has 2 N–H and O–H groups in total. The molecule has 0 saturated carbocycles. The average molecular weight is 441 g/mol. The van der Waals surface area contributed by atoms with Gasteiger partial charge in [0.2, 0.25) is 0 Å². The number of rotatable bonds is 8. The third-order valence-electron chi connectivity index (χ3n) is 5.27. The monoisotopic (exact) mass is 441 g/mol. The first kappa shape index (κ1) is 22.0. The summed E-state index contributed by atoms with van der Waals surface area (Å²) < 4.78 is 5.52. The molecular weight excluding hydrogens is 418 g/mol. The molecule has 166 valence electrons. The Hall–Kier alpha value is -4.23. The van der Waals surface area contributed by atoms with Crippen molar-refractivity contribution >= 4 is 28.9 Å². The van der Waals surface area contributed by atoms with Crippen LogP contribution >= 0.6 is 0 Å². The van der Waals surface area contributed by atoms with Crippen molar-refractivity contribution in [3.8, 4) is 5.75 Å². The normalized spacial score (nSPS) is 14.2. The van der Waals surface area contributed by atoms with Gasteiger partial charge in [-0.3, -0.25) is 14.9 Å². The second-order valence-corrected chi connectivity index (χ2v) is 7.48. The minimum atomic E-state index is -0.432. The number of nitro benzene ring substituents is 1. The predicted molar refractivity (Wildman–Crippen MR) is 129 cm³/mol. The van der Waals surface area contributed by atoms with E-state index in [4.69, 9.17) is 10.5 Å². The fourth-order valence-electron chi connectivity index (χ4n) is 3.64. The van der Waals surface area contributed by atoms with Crippen LogP contribution in [0, 0.1) is 10.1 Å². The lowest BCUT2D eigenvalue weighted by Gasteiger charge is -2.17. The molecule has 33 heavy (non-hydrogen) atoms. The Morgan fingerprint density at radius 3 is 2.42 bits per heavy atom. The van der Waals surface area contributed by atoms with Crippen LogP contribution in [-0.4, -0.2) is 24.0 Å². The van der Waals surface area contributed by atoms with E-state index >= 15 is 0 Å². The Kier molecular flexibility index (Phi) is 6.61. The molecule has 4 rings (SSSR count). The van der Waals surface area contributed by atoms with E-state index in [1.165, 1.54) is 12.1 Å². The summed E-state index contributed by atoms with van der Waals surface area (Å²) in [4.78, 5) is 25.4. The second-order valence-electron chi connectivity index (χ2n) is 7.48. The number of nitrogens with two attached hydrogens (primary N) is 1. The number of fused-ring (bicyclic) bond motifs is 1. The number of hydrogen-bond donors (Lipinski definition) is 1. The van der Waals surface area contributed by atoms with Gasteiger partial charge < -0.3 is 15.4 Å². The number of anilines is 1. The van der Waals surface area contributed by atoms with E-state index in [2.05, 4.69) is 0 Å². The highest BCUT2D eigenvalue weighted by atomic mass is 16.6. The van der Waals surface area contributed by atoms with Crippen molar-refractivity contribution in [2.45, 2.75) is 6.54 Å². The number of ether oxygens (including phenoxy) is 1. The zero-order chi connectivity index (χ0) is 23.2. The van der Waals surface area contributed by atoms with E-state index in [0.29, 0.717) is 25.3 Å². The highest BCUT2D eigenvalue weighted by Gasteiger charge is 2.31. The van der Waals surface area contributed by atoms with Crippen molar-refractivity contribution in [2.75, 3.05) is 18.1 Å². The van der Waals surface area contributed by atoms with Crippen molar-refractivity contribution in [3.63, 3.8) is 0 Å². The standard InChI is InChI=1S/C26H23N3O4/c27-16-17-33-22-14-10-20(11-15-22)18-28-25-7-2-1-5-23(25)24(26(28)30)6-3-4-19-8-12-21(13-9-19)29(31)32/h1-15H,16-18,27H2/b4-3+,24-6?. The van der Waals surface area contributed by atoms with Crippen LogP contribution in [0.5, 0.6) is 5.75 Å². The Balaban J connectivity index is 1.53. The van der Waals surface area contributed by atoms with E-state index < -0.39 is 4.92 Å². The molecule has 0 radical (unpaired) electrons. The van der Waals surface area contributed by atoms with Crippen molar-refractivity contribution < 1.29 is 14.5 Å². The van der Waals surface area contributed by atoms with Crippen molar-refractivity contribution in [1.82, 2.24) is 0 Å². The average Bonchev–Trinajstić information content (AvgIpc) is 3.10. The molecule has 0 aliphatic carbocycles. The molecule has 0 saturated heterocycles. The molecule has 7 nitrogen and oxygen atoms in total. The first-order chi connectivity index (χ1) is 16.1. The van der Waals surface area contributed by atoms with Crippen LogP contribution in [0.4, 0.5) is 11.4 Å². The molecule has 3 aromatic rings. The van der Waals surface area contributed by atoms with E-state index in [9.17, 15) is 14.9 Å². The lowest BCUT2D eigenvalue weighted by Crippen LogP contribution is -2.25. The third-order valence-corrected chi connectivity index (χ3v) is 5.27. The van der Waals surface area contributed by atoms with Crippen molar-refractivity contribution in [1.29, 1.82) is 0 Å². The number of carbonyl (C=O) groups excluding carboxylic acids is 1. The number of allylic oxidation sites excluding steroid dienone is 2. The highest BCUT2D eigenvalue weighted by molar-refractivity contribution is 6.32. The minimum Gasteiger partial charge on any atom is -0.492 e. The van der Waals surface area contributed by atoms with Crippen LogP contribution < -0.4 is 15.4 Å². The molecule has 1 aliphatic heterocycles. The molecule has 7 heteroatoms. The largest absolute Gasteiger partial charge is 0.492 e. The van der Waals surface area contributed by atoms with Gasteiger partial charge in [-0.15, -0.1) is 0 Å². The molecule has 1 amide bonds. The van der Waals surface area contributed by atoms with Gasteiger partial charge in [0, 0.05) is 29.8 Å². The van der Waals surface area contributed by atoms with Crippen LogP contribution in [0.1, 0.15) is 16.7 Å². The van der Waals surface area contributed by atoms with Gasteiger partial charge in [-0.2, -0.15) is 0 Å². The quantitative estimate of drug-likeness (QED) is 0.313. The van der Waals surface area contributed by atoms with E-state index in [-0.39, 0.29) is 11.6 Å². The number of para-hydroxylation sites is 1. The molecule has 1 heterocycles. The van der Waals surface area contributed by atoms with Crippen LogP contribution in [0.3, 0.4) is 0 Å². The van der Waals surface area contributed by atoms with Gasteiger partial charge in [0.1, 0.15) is 12.4 Å². The summed E-state index contributed by atoms with van der Waals surface area (Å²) in [6.07, 6.45) is 5.39. The van der Waals surface area contributed by atoms with Crippen LogP contribution in [-0.2, 0) is 11.3 Å². The molecule has 0 atom stereocenters.